The smallest absolute Gasteiger partial charge is 0.306 e. The standard InChI is InChI=1S/C8H13NO2.ClH/c10-8(11)7-2-5-1-6(7)4-9-3-5;/h5-7,9H,1-4H2,(H,10,11);1H. The van der Waals surface area contributed by atoms with E-state index in [4.69, 9.17) is 5.11 Å². The Balaban J connectivity index is 0.000000720. The van der Waals surface area contributed by atoms with Crippen LogP contribution < -0.4 is 5.32 Å². The predicted octanol–water partition coefficient (Wildman–Crippen LogP) is 0.738. The summed E-state index contributed by atoms with van der Waals surface area (Å²) in [4.78, 5) is 10.7. The Hall–Kier alpha value is -0.280. The molecule has 12 heavy (non-hydrogen) atoms. The highest BCUT2D eigenvalue weighted by atomic mass is 35.5. The topological polar surface area (TPSA) is 49.3 Å². The van der Waals surface area contributed by atoms with Gasteiger partial charge in [0.2, 0.25) is 0 Å². The Morgan fingerprint density at radius 2 is 2.08 bits per heavy atom. The molecule has 3 unspecified atom stereocenters. The predicted molar refractivity (Wildman–Crippen MR) is 47.5 cm³/mol. The maximum absolute atomic E-state index is 10.7. The summed E-state index contributed by atoms with van der Waals surface area (Å²) in [7, 11) is 0. The Bertz CT molecular complexity index is 186. The number of hydrogen-bond donors (Lipinski definition) is 2. The first-order valence-electron chi connectivity index (χ1n) is 4.21. The van der Waals surface area contributed by atoms with Crippen molar-refractivity contribution in [2.75, 3.05) is 13.1 Å². The van der Waals surface area contributed by atoms with Crippen LogP contribution in [0.1, 0.15) is 12.8 Å². The summed E-state index contributed by atoms with van der Waals surface area (Å²) in [5, 5.41) is 12.1. The summed E-state index contributed by atoms with van der Waals surface area (Å²) in [6.45, 7) is 1.94. The van der Waals surface area contributed by atoms with Crippen LogP contribution >= 0.6 is 12.4 Å². The molecule has 0 radical (unpaired) electrons. The zero-order chi connectivity index (χ0) is 7.84. The van der Waals surface area contributed by atoms with E-state index in [2.05, 4.69) is 5.32 Å². The number of carboxylic acid groups (broad SMARTS) is 1. The largest absolute Gasteiger partial charge is 0.481 e. The van der Waals surface area contributed by atoms with Gasteiger partial charge < -0.3 is 10.4 Å². The normalized spacial score (nSPS) is 38.8. The highest BCUT2D eigenvalue weighted by Crippen LogP contribution is 2.38. The molecule has 1 aliphatic carbocycles. The number of carboxylic acids is 1. The molecule has 1 saturated heterocycles. The van der Waals surface area contributed by atoms with Gasteiger partial charge in [0.05, 0.1) is 5.92 Å². The van der Waals surface area contributed by atoms with Gasteiger partial charge in [0, 0.05) is 0 Å². The quantitative estimate of drug-likeness (QED) is 0.643. The minimum atomic E-state index is -0.596. The summed E-state index contributed by atoms with van der Waals surface area (Å²) in [6, 6.07) is 0. The van der Waals surface area contributed by atoms with Crippen molar-refractivity contribution in [3.8, 4) is 0 Å². The number of aliphatic carboxylic acids is 1. The monoisotopic (exact) mass is 191 g/mol. The molecular formula is C8H14ClNO2. The molecule has 0 aromatic rings. The number of rotatable bonds is 1. The third kappa shape index (κ3) is 1.57. The maximum atomic E-state index is 10.7. The highest BCUT2D eigenvalue weighted by molar-refractivity contribution is 5.85. The van der Waals surface area contributed by atoms with Crippen LogP contribution in [0.15, 0.2) is 0 Å². The van der Waals surface area contributed by atoms with Gasteiger partial charge in [0.1, 0.15) is 0 Å². The van der Waals surface area contributed by atoms with Crippen molar-refractivity contribution in [2.45, 2.75) is 12.8 Å². The van der Waals surface area contributed by atoms with E-state index in [1.165, 1.54) is 0 Å². The number of hydrogen-bond acceptors (Lipinski definition) is 2. The lowest BCUT2D eigenvalue weighted by Crippen LogP contribution is -2.32. The first kappa shape index (κ1) is 9.81. The van der Waals surface area contributed by atoms with Gasteiger partial charge in [0.25, 0.3) is 0 Å². The molecule has 0 amide bonds. The van der Waals surface area contributed by atoms with Crippen molar-refractivity contribution in [1.82, 2.24) is 5.32 Å². The average Bonchev–Trinajstić information content (AvgIpc) is 2.27. The molecule has 3 nitrogen and oxygen atoms in total. The van der Waals surface area contributed by atoms with Crippen molar-refractivity contribution in [1.29, 1.82) is 0 Å². The second-order valence-corrected chi connectivity index (χ2v) is 3.70. The van der Waals surface area contributed by atoms with Gasteiger partial charge in [-0.25, -0.2) is 0 Å². The van der Waals surface area contributed by atoms with Crippen LogP contribution in [0.4, 0.5) is 0 Å². The van der Waals surface area contributed by atoms with E-state index in [1.807, 2.05) is 0 Å². The summed E-state index contributed by atoms with van der Waals surface area (Å²) >= 11 is 0. The number of halogens is 1. The molecule has 2 aliphatic rings. The van der Waals surface area contributed by atoms with Gasteiger partial charge in [-0.05, 0) is 37.8 Å². The van der Waals surface area contributed by atoms with Crippen molar-refractivity contribution >= 4 is 18.4 Å². The first-order chi connectivity index (χ1) is 5.27. The first-order valence-corrected chi connectivity index (χ1v) is 4.21. The molecule has 0 spiro atoms. The van der Waals surface area contributed by atoms with Crippen LogP contribution in [-0.4, -0.2) is 24.2 Å². The van der Waals surface area contributed by atoms with Gasteiger partial charge in [0.15, 0.2) is 0 Å². The zero-order valence-corrected chi connectivity index (χ0v) is 7.64. The summed E-state index contributed by atoms with van der Waals surface area (Å²) < 4.78 is 0. The van der Waals surface area contributed by atoms with Crippen LogP contribution in [0.3, 0.4) is 0 Å². The number of fused-ring (bicyclic) bond motifs is 2. The lowest BCUT2D eigenvalue weighted by Gasteiger charge is -2.20. The van der Waals surface area contributed by atoms with E-state index in [0.717, 1.165) is 25.9 Å². The molecule has 2 fully saturated rings. The number of nitrogens with one attached hydrogen (secondary N) is 1. The minimum Gasteiger partial charge on any atom is -0.481 e. The van der Waals surface area contributed by atoms with Crippen LogP contribution in [-0.2, 0) is 4.79 Å². The van der Waals surface area contributed by atoms with Crippen molar-refractivity contribution in [3.05, 3.63) is 0 Å². The molecule has 2 N–H and O–H groups in total. The van der Waals surface area contributed by atoms with Crippen molar-refractivity contribution in [3.63, 3.8) is 0 Å². The molecule has 4 heteroatoms. The van der Waals surface area contributed by atoms with E-state index < -0.39 is 5.97 Å². The Labute approximate surface area is 77.9 Å². The summed E-state index contributed by atoms with van der Waals surface area (Å²) in [5.74, 6) is 0.386. The lowest BCUT2D eigenvalue weighted by molar-refractivity contribution is -0.142. The SMILES string of the molecule is Cl.O=C(O)C1CC2CNCC1C2. The van der Waals surface area contributed by atoms with Crippen molar-refractivity contribution in [2.24, 2.45) is 17.8 Å². The van der Waals surface area contributed by atoms with Crippen LogP contribution in [0.25, 0.3) is 0 Å². The molecule has 2 rings (SSSR count). The fraction of sp³-hybridized carbons (Fsp3) is 0.875. The fourth-order valence-corrected chi connectivity index (χ4v) is 2.41. The van der Waals surface area contributed by atoms with E-state index >= 15 is 0 Å². The molecule has 70 valence electrons. The van der Waals surface area contributed by atoms with Gasteiger partial charge >= 0.3 is 5.97 Å². The molecular weight excluding hydrogens is 178 g/mol. The Morgan fingerprint density at radius 3 is 2.67 bits per heavy atom. The van der Waals surface area contributed by atoms with Crippen LogP contribution in [0, 0.1) is 17.8 Å². The Morgan fingerprint density at radius 1 is 1.33 bits per heavy atom. The zero-order valence-electron chi connectivity index (χ0n) is 6.82. The molecule has 3 atom stereocenters. The van der Waals surface area contributed by atoms with Crippen LogP contribution in [0.5, 0.6) is 0 Å². The van der Waals surface area contributed by atoms with E-state index in [1.54, 1.807) is 0 Å². The van der Waals surface area contributed by atoms with Gasteiger partial charge in [-0.2, -0.15) is 0 Å². The summed E-state index contributed by atoms with van der Waals surface area (Å²) in [5.41, 5.74) is 0. The molecule has 2 bridgehead atoms. The third-order valence-electron chi connectivity index (χ3n) is 2.95. The summed E-state index contributed by atoms with van der Waals surface area (Å²) in [6.07, 6.45) is 2.02. The molecule has 0 aromatic heterocycles. The molecule has 1 saturated carbocycles. The van der Waals surface area contributed by atoms with E-state index in [0.29, 0.717) is 11.8 Å². The van der Waals surface area contributed by atoms with Crippen LogP contribution in [0.2, 0.25) is 0 Å². The lowest BCUT2D eigenvalue weighted by atomic mass is 9.96. The van der Waals surface area contributed by atoms with Gasteiger partial charge in [-0.15, -0.1) is 12.4 Å². The molecule has 1 heterocycles. The van der Waals surface area contributed by atoms with E-state index in [-0.39, 0.29) is 18.3 Å². The molecule has 1 aliphatic heterocycles. The fourth-order valence-electron chi connectivity index (χ4n) is 2.41. The van der Waals surface area contributed by atoms with E-state index in [9.17, 15) is 4.79 Å². The molecule has 0 aromatic carbocycles. The van der Waals surface area contributed by atoms with Crippen molar-refractivity contribution < 1.29 is 9.90 Å². The second kappa shape index (κ2) is 3.62. The third-order valence-corrected chi connectivity index (χ3v) is 2.95. The van der Waals surface area contributed by atoms with Gasteiger partial charge in [-0.1, -0.05) is 0 Å². The maximum Gasteiger partial charge on any atom is 0.306 e. The minimum absolute atomic E-state index is 0. The second-order valence-electron chi connectivity index (χ2n) is 3.70. The number of piperidine rings is 1. The Kier molecular flexibility index (Phi) is 2.96. The number of carbonyl (C=O) groups is 1. The van der Waals surface area contributed by atoms with Gasteiger partial charge in [-0.3, -0.25) is 4.79 Å². The highest BCUT2D eigenvalue weighted by Gasteiger charge is 2.40. The average molecular weight is 192 g/mol.